The van der Waals surface area contributed by atoms with Gasteiger partial charge in [-0.2, -0.15) is 0 Å². The van der Waals surface area contributed by atoms with Crippen LogP contribution >= 0.6 is 12.2 Å². The molecular formula is C30H34N4O2S. The number of carbonyl (C=O) groups excluding carboxylic acids is 2. The van der Waals surface area contributed by atoms with Crippen molar-refractivity contribution in [2.24, 2.45) is 0 Å². The minimum absolute atomic E-state index is 0.0325. The van der Waals surface area contributed by atoms with Crippen LogP contribution in [0, 0.1) is 13.8 Å². The lowest BCUT2D eigenvalue weighted by Gasteiger charge is -2.17. The van der Waals surface area contributed by atoms with Crippen LogP contribution in [-0.4, -0.2) is 39.5 Å². The zero-order chi connectivity index (χ0) is 26.3. The third-order valence-electron chi connectivity index (χ3n) is 7.73. The van der Waals surface area contributed by atoms with Gasteiger partial charge in [0.15, 0.2) is 5.11 Å². The van der Waals surface area contributed by atoms with Crippen molar-refractivity contribution in [3.8, 4) is 0 Å². The van der Waals surface area contributed by atoms with Crippen molar-refractivity contribution in [1.82, 2.24) is 14.8 Å². The molecule has 37 heavy (non-hydrogen) atoms. The average Bonchev–Trinajstić information content (AvgIpc) is 3.56. The molecule has 0 unspecified atom stereocenters. The van der Waals surface area contributed by atoms with Crippen molar-refractivity contribution >= 4 is 51.8 Å². The van der Waals surface area contributed by atoms with Crippen LogP contribution in [0.25, 0.3) is 17.0 Å². The molecule has 192 valence electrons. The lowest BCUT2D eigenvalue weighted by atomic mass is 10.1. The highest BCUT2D eigenvalue weighted by Crippen LogP contribution is 2.32. The van der Waals surface area contributed by atoms with Gasteiger partial charge < -0.3 is 14.8 Å². The molecule has 2 heterocycles. The van der Waals surface area contributed by atoms with Gasteiger partial charge in [0.25, 0.3) is 5.91 Å². The average molecular weight is 515 g/mol. The van der Waals surface area contributed by atoms with Gasteiger partial charge in [0.1, 0.15) is 12.2 Å². The minimum Gasteiger partial charge on any atom is -0.352 e. The quantitative estimate of drug-likeness (QED) is 0.349. The predicted molar refractivity (Wildman–Crippen MR) is 153 cm³/mol. The summed E-state index contributed by atoms with van der Waals surface area (Å²) in [5, 5.41) is 4.68. The summed E-state index contributed by atoms with van der Waals surface area (Å²) in [5.41, 5.74) is 6.68. The number of nitrogens with zero attached hydrogens (tertiary/aromatic N) is 3. The largest absolute Gasteiger partial charge is 0.352 e. The standard InChI is InChI=1S/C30H34N4O2S/c1-5-21-9-8-12-25-22(17-33(28(21)25)18-27(35)31-23-10-6-7-11-23)16-26-29(36)34(30(37)32(26)4)24-14-13-19(2)20(3)15-24/h8-9,12-17,23H,5-7,10-11,18H2,1-4H3,(H,31,35)/b26-16-. The number of aromatic nitrogens is 1. The van der Waals surface area contributed by atoms with E-state index in [1.807, 2.05) is 55.1 Å². The van der Waals surface area contributed by atoms with E-state index in [2.05, 4.69) is 31.3 Å². The summed E-state index contributed by atoms with van der Waals surface area (Å²) in [5.74, 6) is -0.118. The summed E-state index contributed by atoms with van der Waals surface area (Å²) in [6.45, 7) is 6.46. The Labute approximate surface area is 223 Å². The maximum atomic E-state index is 13.6. The Kier molecular flexibility index (Phi) is 6.90. The zero-order valence-electron chi connectivity index (χ0n) is 22.0. The molecule has 2 fully saturated rings. The number of para-hydroxylation sites is 1. The van der Waals surface area contributed by atoms with Gasteiger partial charge in [-0.1, -0.05) is 44.0 Å². The van der Waals surface area contributed by atoms with E-state index < -0.39 is 0 Å². The van der Waals surface area contributed by atoms with Crippen LogP contribution < -0.4 is 10.2 Å². The number of thiocarbonyl (C=S) groups is 1. The third-order valence-corrected chi connectivity index (χ3v) is 8.19. The summed E-state index contributed by atoms with van der Waals surface area (Å²) >= 11 is 5.69. The summed E-state index contributed by atoms with van der Waals surface area (Å²) in [6.07, 6.45) is 9.22. The number of hydrogen-bond donors (Lipinski definition) is 1. The summed E-state index contributed by atoms with van der Waals surface area (Å²) in [7, 11) is 1.83. The molecule has 5 rings (SSSR count). The van der Waals surface area contributed by atoms with Gasteiger partial charge in [0.05, 0.1) is 11.2 Å². The predicted octanol–water partition coefficient (Wildman–Crippen LogP) is 5.48. The molecule has 7 heteroatoms. The van der Waals surface area contributed by atoms with Crippen molar-refractivity contribution in [2.75, 3.05) is 11.9 Å². The Morgan fingerprint density at radius 2 is 1.89 bits per heavy atom. The first kappa shape index (κ1) is 25.2. The fraction of sp³-hybridized carbons (Fsp3) is 0.367. The maximum Gasteiger partial charge on any atom is 0.281 e. The SMILES string of the molecule is CCc1cccc2c(/C=C3/C(=O)N(c4ccc(C)c(C)c4)C(=S)N3C)cn(CC(=O)NC3CCCC3)c12. The van der Waals surface area contributed by atoms with Crippen molar-refractivity contribution in [3.05, 3.63) is 70.5 Å². The van der Waals surface area contributed by atoms with Crippen LogP contribution in [0.4, 0.5) is 5.69 Å². The van der Waals surface area contributed by atoms with Crippen molar-refractivity contribution in [3.63, 3.8) is 0 Å². The van der Waals surface area contributed by atoms with E-state index in [1.54, 1.807) is 9.80 Å². The maximum absolute atomic E-state index is 13.6. The number of carbonyl (C=O) groups is 2. The lowest BCUT2D eigenvalue weighted by molar-refractivity contribution is -0.122. The normalized spacial score (nSPS) is 17.6. The van der Waals surface area contributed by atoms with E-state index >= 15 is 0 Å². The Morgan fingerprint density at radius 3 is 2.59 bits per heavy atom. The van der Waals surface area contributed by atoms with Crippen molar-refractivity contribution in [1.29, 1.82) is 0 Å². The Bertz CT molecular complexity index is 1430. The van der Waals surface area contributed by atoms with Gasteiger partial charge in [-0.3, -0.25) is 14.5 Å². The lowest BCUT2D eigenvalue weighted by Crippen LogP contribution is -2.35. The first-order valence-electron chi connectivity index (χ1n) is 13.1. The number of fused-ring (bicyclic) bond motifs is 1. The number of aryl methyl sites for hydroxylation is 3. The molecule has 1 N–H and O–H groups in total. The van der Waals surface area contributed by atoms with Gasteiger partial charge in [-0.15, -0.1) is 0 Å². The first-order chi connectivity index (χ1) is 17.8. The number of rotatable bonds is 6. The number of hydrogen-bond acceptors (Lipinski definition) is 3. The summed E-state index contributed by atoms with van der Waals surface area (Å²) in [4.78, 5) is 29.9. The smallest absolute Gasteiger partial charge is 0.281 e. The van der Waals surface area contributed by atoms with Crippen molar-refractivity contribution in [2.45, 2.75) is 65.5 Å². The van der Waals surface area contributed by atoms with E-state index in [0.717, 1.165) is 47.0 Å². The Morgan fingerprint density at radius 1 is 1.14 bits per heavy atom. The molecule has 2 aliphatic rings. The van der Waals surface area contributed by atoms with Crippen LogP contribution in [0.2, 0.25) is 0 Å². The van der Waals surface area contributed by atoms with Gasteiger partial charge in [-0.05, 0) is 80.2 Å². The highest BCUT2D eigenvalue weighted by atomic mass is 32.1. The summed E-state index contributed by atoms with van der Waals surface area (Å²) in [6, 6.07) is 12.4. The molecule has 2 amide bonds. The molecule has 0 radical (unpaired) electrons. The molecule has 3 aromatic rings. The van der Waals surface area contributed by atoms with Crippen LogP contribution in [0.3, 0.4) is 0 Å². The summed E-state index contributed by atoms with van der Waals surface area (Å²) < 4.78 is 2.03. The van der Waals surface area contributed by atoms with Crippen LogP contribution in [0.15, 0.2) is 48.3 Å². The number of benzene rings is 2. The van der Waals surface area contributed by atoms with Crippen LogP contribution in [0.1, 0.15) is 54.9 Å². The topological polar surface area (TPSA) is 57.6 Å². The van der Waals surface area contributed by atoms with E-state index in [4.69, 9.17) is 12.2 Å². The van der Waals surface area contributed by atoms with Gasteiger partial charge in [0, 0.05) is 30.2 Å². The molecule has 0 atom stereocenters. The van der Waals surface area contributed by atoms with E-state index in [9.17, 15) is 9.59 Å². The van der Waals surface area contributed by atoms with E-state index in [-0.39, 0.29) is 24.4 Å². The highest BCUT2D eigenvalue weighted by molar-refractivity contribution is 7.80. The molecular weight excluding hydrogens is 480 g/mol. The third kappa shape index (κ3) is 4.68. The number of amides is 2. The fourth-order valence-electron chi connectivity index (χ4n) is 5.48. The second-order valence-electron chi connectivity index (χ2n) is 10.2. The highest BCUT2D eigenvalue weighted by Gasteiger charge is 2.37. The van der Waals surface area contributed by atoms with Crippen LogP contribution in [-0.2, 0) is 22.6 Å². The fourth-order valence-corrected chi connectivity index (χ4v) is 5.77. The second-order valence-corrected chi connectivity index (χ2v) is 10.6. The van der Waals surface area contributed by atoms with Gasteiger partial charge >= 0.3 is 0 Å². The second kappa shape index (κ2) is 10.1. The molecule has 0 spiro atoms. The molecule has 1 aromatic heterocycles. The molecule has 2 aromatic carbocycles. The Balaban J connectivity index is 1.52. The molecule has 0 bridgehead atoms. The zero-order valence-corrected chi connectivity index (χ0v) is 22.8. The molecule has 1 saturated heterocycles. The van der Waals surface area contributed by atoms with E-state index in [0.29, 0.717) is 10.8 Å². The monoisotopic (exact) mass is 514 g/mol. The van der Waals surface area contributed by atoms with E-state index in [1.165, 1.54) is 24.0 Å². The molecule has 1 aliphatic heterocycles. The number of anilines is 1. The minimum atomic E-state index is -0.151. The van der Waals surface area contributed by atoms with Crippen molar-refractivity contribution < 1.29 is 9.59 Å². The first-order valence-corrected chi connectivity index (χ1v) is 13.5. The number of nitrogens with one attached hydrogen (secondary N) is 1. The molecule has 6 nitrogen and oxygen atoms in total. The number of likely N-dealkylation sites (N-methyl/N-ethyl adjacent to an activating group) is 1. The molecule has 1 aliphatic carbocycles. The van der Waals surface area contributed by atoms with Gasteiger partial charge in [0.2, 0.25) is 5.91 Å². The van der Waals surface area contributed by atoms with Gasteiger partial charge in [-0.25, -0.2) is 0 Å². The Hall–Kier alpha value is -3.45. The van der Waals surface area contributed by atoms with Crippen LogP contribution in [0.5, 0.6) is 0 Å². The molecule has 1 saturated carbocycles.